The van der Waals surface area contributed by atoms with E-state index in [2.05, 4.69) is 48.7 Å². The molecule has 2 nitrogen and oxygen atoms in total. The van der Waals surface area contributed by atoms with Crippen molar-refractivity contribution in [3.63, 3.8) is 0 Å². The van der Waals surface area contributed by atoms with Crippen LogP contribution in [0.1, 0.15) is 16.8 Å². The molecule has 2 heterocycles. The quantitative estimate of drug-likeness (QED) is 0.669. The van der Waals surface area contributed by atoms with Gasteiger partial charge in [-0.1, -0.05) is 0 Å². The summed E-state index contributed by atoms with van der Waals surface area (Å²) in [5.41, 5.74) is 3.73. The van der Waals surface area contributed by atoms with Crippen LogP contribution in [0.5, 0.6) is 0 Å². The Labute approximate surface area is 84.2 Å². The van der Waals surface area contributed by atoms with Gasteiger partial charge in [0.1, 0.15) is 5.82 Å². The van der Waals surface area contributed by atoms with E-state index < -0.39 is 0 Å². The normalized spacial score (nSPS) is 10.5. The van der Waals surface area contributed by atoms with Gasteiger partial charge in [-0.3, -0.25) is 0 Å². The Morgan fingerprint density at radius 2 is 1.86 bits per heavy atom. The minimum atomic E-state index is 0.996. The largest absolute Gasteiger partial charge is 0.306 e. The molecule has 0 fully saturated rings. The molecule has 0 saturated heterocycles. The molecule has 14 heavy (non-hydrogen) atoms. The first-order chi connectivity index (χ1) is 6.66. The average Bonchev–Trinajstić information content (AvgIpc) is 2.45. The van der Waals surface area contributed by atoms with E-state index in [0.29, 0.717) is 0 Å². The molecule has 72 valence electrons. The van der Waals surface area contributed by atoms with Crippen LogP contribution in [0, 0.1) is 20.8 Å². The van der Waals surface area contributed by atoms with Crippen molar-refractivity contribution in [1.82, 2.24) is 9.55 Å². The highest BCUT2D eigenvalue weighted by Gasteiger charge is 2.02. The van der Waals surface area contributed by atoms with E-state index in [1.165, 1.54) is 16.8 Å². The van der Waals surface area contributed by atoms with Gasteiger partial charge < -0.3 is 4.57 Å². The molecular weight excluding hydrogens is 172 g/mol. The summed E-state index contributed by atoms with van der Waals surface area (Å²) in [6.45, 7) is 6.27. The standard InChI is InChI=1S/C12H14N2/c1-9-4-5-13-12(7-9)14-8-10(2)6-11(14)3/h4-8H,1-3H3. The molecule has 2 aromatic rings. The fourth-order valence-electron chi connectivity index (χ4n) is 1.64. The van der Waals surface area contributed by atoms with Gasteiger partial charge >= 0.3 is 0 Å². The fourth-order valence-corrected chi connectivity index (χ4v) is 1.64. The van der Waals surface area contributed by atoms with Gasteiger partial charge in [0.15, 0.2) is 0 Å². The van der Waals surface area contributed by atoms with Crippen molar-refractivity contribution in [3.05, 3.63) is 47.4 Å². The lowest BCUT2D eigenvalue weighted by molar-refractivity contribution is 0.956. The van der Waals surface area contributed by atoms with Crippen LogP contribution in [0.15, 0.2) is 30.6 Å². The maximum Gasteiger partial charge on any atom is 0.137 e. The van der Waals surface area contributed by atoms with E-state index in [1.807, 2.05) is 12.3 Å². The van der Waals surface area contributed by atoms with Gasteiger partial charge in [0.2, 0.25) is 0 Å². The van der Waals surface area contributed by atoms with Gasteiger partial charge in [0.25, 0.3) is 0 Å². The van der Waals surface area contributed by atoms with E-state index >= 15 is 0 Å². The predicted octanol–water partition coefficient (Wildman–Crippen LogP) is 2.80. The van der Waals surface area contributed by atoms with Crippen LogP contribution in [0.3, 0.4) is 0 Å². The SMILES string of the molecule is Cc1ccnc(-n2cc(C)cc2C)c1. The topological polar surface area (TPSA) is 17.8 Å². The summed E-state index contributed by atoms with van der Waals surface area (Å²) in [4.78, 5) is 4.35. The van der Waals surface area contributed by atoms with Crippen molar-refractivity contribution in [2.24, 2.45) is 0 Å². The van der Waals surface area contributed by atoms with Gasteiger partial charge in [-0.25, -0.2) is 4.98 Å². The van der Waals surface area contributed by atoms with Crippen molar-refractivity contribution in [2.75, 3.05) is 0 Å². The third kappa shape index (κ3) is 1.55. The Morgan fingerprint density at radius 3 is 2.43 bits per heavy atom. The molecule has 0 bridgehead atoms. The molecule has 0 aliphatic carbocycles. The molecule has 2 rings (SSSR count). The third-order valence-corrected chi connectivity index (χ3v) is 2.30. The van der Waals surface area contributed by atoms with E-state index in [1.54, 1.807) is 0 Å². The second kappa shape index (κ2) is 3.29. The molecule has 2 heteroatoms. The molecule has 0 N–H and O–H groups in total. The predicted molar refractivity (Wildman–Crippen MR) is 57.8 cm³/mol. The zero-order valence-corrected chi connectivity index (χ0v) is 8.78. The second-order valence-corrected chi connectivity index (χ2v) is 3.72. The summed E-state index contributed by atoms with van der Waals surface area (Å²) in [5, 5.41) is 0. The van der Waals surface area contributed by atoms with E-state index in [4.69, 9.17) is 0 Å². The minimum Gasteiger partial charge on any atom is -0.306 e. The average molecular weight is 186 g/mol. The maximum absolute atomic E-state index is 4.35. The Balaban J connectivity index is 2.54. The lowest BCUT2D eigenvalue weighted by Gasteiger charge is -2.04. The van der Waals surface area contributed by atoms with Crippen molar-refractivity contribution in [1.29, 1.82) is 0 Å². The highest BCUT2D eigenvalue weighted by molar-refractivity contribution is 5.32. The molecule has 0 aliphatic rings. The van der Waals surface area contributed by atoms with Crippen LogP contribution in [0.4, 0.5) is 0 Å². The number of hydrogen-bond acceptors (Lipinski definition) is 1. The summed E-state index contributed by atoms with van der Waals surface area (Å²) in [6.07, 6.45) is 3.95. The summed E-state index contributed by atoms with van der Waals surface area (Å²) in [6, 6.07) is 6.26. The van der Waals surface area contributed by atoms with Crippen LogP contribution in [-0.4, -0.2) is 9.55 Å². The molecule has 0 spiro atoms. The first-order valence-corrected chi connectivity index (χ1v) is 4.75. The number of nitrogens with zero attached hydrogens (tertiary/aromatic N) is 2. The van der Waals surface area contributed by atoms with Crippen LogP contribution in [0.2, 0.25) is 0 Å². The first kappa shape index (κ1) is 9.00. The van der Waals surface area contributed by atoms with Crippen LogP contribution < -0.4 is 0 Å². The molecule has 0 aliphatic heterocycles. The number of aromatic nitrogens is 2. The fraction of sp³-hybridized carbons (Fsp3) is 0.250. The highest BCUT2D eigenvalue weighted by Crippen LogP contribution is 2.13. The molecule has 0 radical (unpaired) electrons. The van der Waals surface area contributed by atoms with Gasteiger partial charge in [-0.2, -0.15) is 0 Å². The zero-order chi connectivity index (χ0) is 10.1. The van der Waals surface area contributed by atoms with E-state index in [-0.39, 0.29) is 0 Å². The Kier molecular flexibility index (Phi) is 2.12. The second-order valence-electron chi connectivity index (χ2n) is 3.72. The van der Waals surface area contributed by atoms with Crippen LogP contribution >= 0.6 is 0 Å². The minimum absolute atomic E-state index is 0.996. The van der Waals surface area contributed by atoms with E-state index in [9.17, 15) is 0 Å². The van der Waals surface area contributed by atoms with Crippen LogP contribution in [-0.2, 0) is 0 Å². The molecule has 0 atom stereocenters. The Morgan fingerprint density at radius 1 is 1.07 bits per heavy atom. The first-order valence-electron chi connectivity index (χ1n) is 4.75. The van der Waals surface area contributed by atoms with Gasteiger partial charge in [0, 0.05) is 18.1 Å². The molecule has 2 aromatic heterocycles. The van der Waals surface area contributed by atoms with Crippen molar-refractivity contribution in [3.8, 4) is 5.82 Å². The smallest absolute Gasteiger partial charge is 0.137 e. The van der Waals surface area contributed by atoms with Crippen molar-refractivity contribution < 1.29 is 0 Å². The molecule has 0 amide bonds. The zero-order valence-electron chi connectivity index (χ0n) is 8.78. The number of rotatable bonds is 1. The number of hydrogen-bond donors (Lipinski definition) is 0. The van der Waals surface area contributed by atoms with Crippen molar-refractivity contribution >= 4 is 0 Å². The highest BCUT2D eigenvalue weighted by atomic mass is 15.0. The number of pyridine rings is 1. The molecular formula is C12H14N2. The molecule has 0 aromatic carbocycles. The summed E-state index contributed by atoms with van der Waals surface area (Å²) in [5.74, 6) is 0.996. The van der Waals surface area contributed by atoms with Gasteiger partial charge in [0.05, 0.1) is 0 Å². The summed E-state index contributed by atoms with van der Waals surface area (Å²) in [7, 11) is 0. The van der Waals surface area contributed by atoms with Gasteiger partial charge in [-0.05, 0) is 50.1 Å². The molecule has 0 unspecified atom stereocenters. The summed E-state index contributed by atoms with van der Waals surface area (Å²) < 4.78 is 2.11. The third-order valence-electron chi connectivity index (χ3n) is 2.30. The van der Waals surface area contributed by atoms with E-state index in [0.717, 1.165) is 5.82 Å². The van der Waals surface area contributed by atoms with Gasteiger partial charge in [-0.15, -0.1) is 0 Å². The lowest BCUT2D eigenvalue weighted by atomic mass is 10.3. The van der Waals surface area contributed by atoms with Crippen molar-refractivity contribution in [2.45, 2.75) is 20.8 Å². The Hall–Kier alpha value is -1.57. The monoisotopic (exact) mass is 186 g/mol. The Bertz CT molecular complexity index is 455. The maximum atomic E-state index is 4.35. The number of aryl methyl sites for hydroxylation is 3. The molecule has 0 saturated carbocycles. The summed E-state index contributed by atoms with van der Waals surface area (Å²) >= 11 is 0. The lowest BCUT2D eigenvalue weighted by Crippen LogP contribution is -1.97. The van der Waals surface area contributed by atoms with Crippen LogP contribution in [0.25, 0.3) is 5.82 Å².